The Morgan fingerprint density at radius 3 is 2.75 bits per heavy atom. The van der Waals surface area contributed by atoms with Crippen molar-refractivity contribution in [2.45, 2.75) is 26.4 Å². The normalized spacial score (nSPS) is 19.3. The molecule has 7 heteroatoms. The number of hydrogen-bond donors (Lipinski definition) is 0. The number of aromatic nitrogens is 3. The first kappa shape index (κ1) is 13.7. The minimum atomic E-state index is 0.220. The smallest absolute Gasteiger partial charge is 0.223 e. The van der Waals surface area contributed by atoms with E-state index in [9.17, 15) is 0 Å². The van der Waals surface area contributed by atoms with E-state index in [0.29, 0.717) is 5.89 Å². The third-order valence-electron chi connectivity index (χ3n) is 3.73. The second kappa shape index (κ2) is 5.99. The van der Waals surface area contributed by atoms with Crippen molar-refractivity contribution >= 4 is 11.3 Å². The molecule has 2 aromatic rings. The van der Waals surface area contributed by atoms with E-state index in [1.807, 2.05) is 18.6 Å². The van der Waals surface area contributed by atoms with Crippen LogP contribution in [0.4, 0.5) is 0 Å². The Morgan fingerprint density at radius 1 is 1.35 bits per heavy atom. The van der Waals surface area contributed by atoms with E-state index in [0.717, 1.165) is 38.5 Å². The summed E-state index contributed by atoms with van der Waals surface area (Å²) in [5, 5.41) is 4.02. The molecule has 1 unspecified atom stereocenters. The molecule has 3 heterocycles. The van der Waals surface area contributed by atoms with Crippen molar-refractivity contribution in [2.75, 3.05) is 26.2 Å². The molecule has 1 saturated heterocycles. The largest absolute Gasteiger partial charge is 0.340 e. The number of nitrogens with zero attached hydrogens (tertiary/aromatic N) is 5. The molecule has 1 fully saturated rings. The van der Waals surface area contributed by atoms with Gasteiger partial charge in [-0.05, 0) is 6.92 Å². The van der Waals surface area contributed by atoms with Crippen molar-refractivity contribution in [2.24, 2.45) is 0 Å². The molecule has 3 rings (SSSR count). The fourth-order valence-electron chi connectivity index (χ4n) is 2.50. The molecule has 20 heavy (non-hydrogen) atoms. The van der Waals surface area contributed by atoms with Crippen LogP contribution in [0.3, 0.4) is 0 Å². The van der Waals surface area contributed by atoms with Crippen LogP contribution in [0.15, 0.2) is 16.2 Å². The van der Waals surface area contributed by atoms with Gasteiger partial charge in [-0.3, -0.25) is 14.8 Å². The molecule has 0 bridgehead atoms. The summed E-state index contributed by atoms with van der Waals surface area (Å²) in [6, 6.07) is 0.220. The van der Waals surface area contributed by atoms with Gasteiger partial charge in [0.15, 0.2) is 5.82 Å². The SMILES string of the molecule is Cc1nc(C(C)N2CCN(Cc3cncs3)CC2)no1. The van der Waals surface area contributed by atoms with E-state index in [1.54, 1.807) is 11.3 Å². The summed E-state index contributed by atoms with van der Waals surface area (Å²) < 4.78 is 5.06. The lowest BCUT2D eigenvalue weighted by atomic mass is 10.2. The highest BCUT2D eigenvalue weighted by molar-refractivity contribution is 7.09. The van der Waals surface area contributed by atoms with Crippen LogP contribution in [0.1, 0.15) is 29.6 Å². The zero-order chi connectivity index (χ0) is 13.9. The van der Waals surface area contributed by atoms with Gasteiger partial charge in [-0.15, -0.1) is 11.3 Å². The molecule has 108 valence electrons. The van der Waals surface area contributed by atoms with E-state index in [4.69, 9.17) is 4.52 Å². The van der Waals surface area contributed by atoms with Gasteiger partial charge in [0.25, 0.3) is 0 Å². The summed E-state index contributed by atoms with van der Waals surface area (Å²) in [5.41, 5.74) is 1.90. The molecule has 2 aromatic heterocycles. The van der Waals surface area contributed by atoms with Gasteiger partial charge in [-0.2, -0.15) is 4.98 Å². The van der Waals surface area contributed by atoms with E-state index in [-0.39, 0.29) is 6.04 Å². The molecule has 0 aromatic carbocycles. The highest BCUT2D eigenvalue weighted by Crippen LogP contribution is 2.20. The van der Waals surface area contributed by atoms with Gasteiger partial charge in [0.05, 0.1) is 11.6 Å². The first-order valence-electron chi connectivity index (χ1n) is 6.86. The van der Waals surface area contributed by atoms with Crippen molar-refractivity contribution in [1.29, 1.82) is 0 Å². The minimum absolute atomic E-state index is 0.220. The molecule has 0 spiro atoms. The maximum Gasteiger partial charge on any atom is 0.223 e. The van der Waals surface area contributed by atoms with Gasteiger partial charge in [-0.25, -0.2) is 0 Å². The van der Waals surface area contributed by atoms with Crippen LogP contribution in [-0.4, -0.2) is 51.1 Å². The topological polar surface area (TPSA) is 58.3 Å². The fraction of sp³-hybridized carbons (Fsp3) is 0.615. The zero-order valence-corrected chi connectivity index (χ0v) is 12.6. The lowest BCUT2D eigenvalue weighted by molar-refractivity contribution is 0.0943. The highest BCUT2D eigenvalue weighted by Gasteiger charge is 2.24. The molecule has 1 atom stereocenters. The van der Waals surface area contributed by atoms with Gasteiger partial charge in [0.2, 0.25) is 5.89 Å². The quantitative estimate of drug-likeness (QED) is 0.855. The standard InChI is InChI=1S/C13H19N5OS/c1-10(13-15-11(2)19-16-13)18-5-3-17(4-6-18)8-12-7-14-9-20-12/h7,9-10H,3-6,8H2,1-2H3. The zero-order valence-electron chi connectivity index (χ0n) is 11.8. The summed E-state index contributed by atoms with van der Waals surface area (Å²) in [4.78, 5) is 14.7. The Kier molecular flexibility index (Phi) is 4.09. The first-order valence-corrected chi connectivity index (χ1v) is 7.74. The van der Waals surface area contributed by atoms with Gasteiger partial charge in [-0.1, -0.05) is 5.16 Å². The number of hydrogen-bond acceptors (Lipinski definition) is 7. The third-order valence-corrected chi connectivity index (χ3v) is 4.50. The predicted octanol–water partition coefficient (Wildman–Crippen LogP) is 1.71. The van der Waals surface area contributed by atoms with Crippen LogP contribution in [0, 0.1) is 6.92 Å². The second-order valence-corrected chi connectivity index (χ2v) is 6.10. The van der Waals surface area contributed by atoms with Crippen molar-refractivity contribution in [3.05, 3.63) is 28.3 Å². The lowest BCUT2D eigenvalue weighted by Gasteiger charge is -2.36. The summed E-state index contributed by atoms with van der Waals surface area (Å²) in [6.45, 7) is 9.19. The summed E-state index contributed by atoms with van der Waals surface area (Å²) in [7, 11) is 0. The van der Waals surface area contributed by atoms with Crippen LogP contribution in [-0.2, 0) is 6.54 Å². The number of thiazole rings is 1. The number of piperazine rings is 1. The molecule has 0 saturated carbocycles. The third kappa shape index (κ3) is 3.05. The van der Waals surface area contributed by atoms with Crippen LogP contribution in [0.25, 0.3) is 0 Å². The van der Waals surface area contributed by atoms with Gasteiger partial charge >= 0.3 is 0 Å². The van der Waals surface area contributed by atoms with Crippen molar-refractivity contribution in [3.8, 4) is 0 Å². The van der Waals surface area contributed by atoms with Gasteiger partial charge < -0.3 is 4.52 Å². The van der Waals surface area contributed by atoms with E-state index < -0.39 is 0 Å². The molecule has 1 aliphatic rings. The maximum absolute atomic E-state index is 5.06. The van der Waals surface area contributed by atoms with E-state index >= 15 is 0 Å². The Morgan fingerprint density at radius 2 is 2.15 bits per heavy atom. The highest BCUT2D eigenvalue weighted by atomic mass is 32.1. The number of rotatable bonds is 4. The van der Waals surface area contributed by atoms with Gasteiger partial charge in [0, 0.05) is 50.7 Å². The first-order chi connectivity index (χ1) is 9.72. The molecule has 0 radical (unpaired) electrons. The Labute approximate surface area is 122 Å². The van der Waals surface area contributed by atoms with Crippen LogP contribution in [0.2, 0.25) is 0 Å². The summed E-state index contributed by atoms with van der Waals surface area (Å²) in [6.07, 6.45) is 1.96. The average molecular weight is 293 g/mol. The van der Waals surface area contributed by atoms with E-state index in [1.165, 1.54) is 4.88 Å². The monoisotopic (exact) mass is 293 g/mol. The van der Waals surface area contributed by atoms with E-state index in [2.05, 4.69) is 31.8 Å². The summed E-state index contributed by atoms with van der Waals surface area (Å²) >= 11 is 1.72. The number of aryl methyl sites for hydroxylation is 1. The summed E-state index contributed by atoms with van der Waals surface area (Å²) in [5.74, 6) is 1.43. The lowest BCUT2D eigenvalue weighted by Crippen LogP contribution is -2.46. The van der Waals surface area contributed by atoms with Crippen molar-refractivity contribution in [3.63, 3.8) is 0 Å². The molecule has 0 N–H and O–H groups in total. The molecular weight excluding hydrogens is 274 g/mol. The molecule has 1 aliphatic heterocycles. The van der Waals surface area contributed by atoms with Crippen molar-refractivity contribution in [1.82, 2.24) is 24.9 Å². The second-order valence-electron chi connectivity index (χ2n) is 5.13. The predicted molar refractivity (Wildman–Crippen MR) is 76.4 cm³/mol. The average Bonchev–Trinajstić information content (AvgIpc) is 3.10. The fourth-order valence-corrected chi connectivity index (χ4v) is 3.13. The molecule has 0 amide bonds. The maximum atomic E-state index is 5.06. The van der Waals surface area contributed by atoms with Crippen LogP contribution in [0.5, 0.6) is 0 Å². The van der Waals surface area contributed by atoms with Crippen molar-refractivity contribution < 1.29 is 4.52 Å². The Hall–Kier alpha value is -1.31. The van der Waals surface area contributed by atoms with Crippen LogP contribution < -0.4 is 0 Å². The molecule has 0 aliphatic carbocycles. The Balaban J connectivity index is 1.53. The Bertz CT molecular complexity index is 533. The molecular formula is C13H19N5OS. The minimum Gasteiger partial charge on any atom is -0.340 e. The van der Waals surface area contributed by atoms with Gasteiger partial charge in [0.1, 0.15) is 0 Å². The molecule has 6 nitrogen and oxygen atoms in total. The van der Waals surface area contributed by atoms with Crippen LogP contribution >= 0.6 is 11.3 Å².